The van der Waals surface area contributed by atoms with Gasteiger partial charge in [0.05, 0.1) is 20.3 Å². The van der Waals surface area contributed by atoms with Gasteiger partial charge in [0.15, 0.2) is 0 Å². The Balaban J connectivity index is 3.34. The maximum Gasteiger partial charge on any atom is 0.144 e. The van der Waals surface area contributed by atoms with E-state index in [1.54, 1.807) is 21.1 Å². The number of hydrogen-bond donors (Lipinski definition) is 1. The van der Waals surface area contributed by atoms with Crippen LogP contribution in [0.3, 0.4) is 0 Å². The molecule has 1 unspecified atom stereocenters. The van der Waals surface area contributed by atoms with Gasteiger partial charge >= 0.3 is 0 Å². The van der Waals surface area contributed by atoms with E-state index in [9.17, 15) is 5.11 Å². The van der Waals surface area contributed by atoms with Crippen LogP contribution in [-0.2, 0) is 12.8 Å². The third-order valence-electron chi connectivity index (χ3n) is 2.63. The second kappa shape index (κ2) is 6.12. The quantitative estimate of drug-likeness (QED) is 0.883. The molecule has 0 aliphatic rings. The minimum absolute atomic E-state index is 0.432. The number of rotatable bonds is 5. The molecule has 1 aromatic carbocycles. The van der Waals surface area contributed by atoms with E-state index in [4.69, 9.17) is 21.1 Å². The highest BCUT2D eigenvalue weighted by Gasteiger charge is 2.18. The van der Waals surface area contributed by atoms with Crippen LogP contribution in [0, 0.1) is 0 Å². The molecule has 0 heterocycles. The highest BCUT2D eigenvalue weighted by atomic mass is 35.5. The third-order valence-corrected chi connectivity index (χ3v) is 2.98. The predicted octanol–water partition coefficient (Wildman–Crippen LogP) is 2.84. The number of aryl methyl sites for hydroxylation is 1. The van der Waals surface area contributed by atoms with Gasteiger partial charge in [-0.05, 0) is 30.5 Å². The molecule has 0 spiro atoms. The molecule has 3 nitrogen and oxygen atoms in total. The van der Waals surface area contributed by atoms with Gasteiger partial charge in [0.2, 0.25) is 0 Å². The Morgan fingerprint density at radius 2 is 1.76 bits per heavy atom. The molecule has 0 aromatic heterocycles. The predicted molar refractivity (Wildman–Crippen MR) is 69.3 cm³/mol. The molecular weight excluding hydrogens is 240 g/mol. The van der Waals surface area contributed by atoms with Crippen LogP contribution in [-0.4, -0.2) is 25.4 Å². The van der Waals surface area contributed by atoms with Crippen LogP contribution in [0.25, 0.3) is 0 Å². The average molecular weight is 259 g/mol. The average Bonchev–Trinajstić information content (AvgIpc) is 2.28. The lowest BCUT2D eigenvalue weighted by Gasteiger charge is -2.17. The summed E-state index contributed by atoms with van der Waals surface area (Å²) in [5, 5.41) is 9.95. The molecule has 17 heavy (non-hydrogen) atoms. The summed E-state index contributed by atoms with van der Waals surface area (Å²) in [6, 6.07) is 1.98. The second-order valence-electron chi connectivity index (χ2n) is 3.98. The van der Waals surface area contributed by atoms with Gasteiger partial charge in [-0.1, -0.05) is 18.5 Å². The number of aliphatic hydroxyl groups is 1. The molecule has 0 aliphatic heterocycles. The fourth-order valence-electron chi connectivity index (χ4n) is 1.90. The van der Waals surface area contributed by atoms with E-state index in [0.29, 0.717) is 22.9 Å². The van der Waals surface area contributed by atoms with E-state index < -0.39 is 6.10 Å². The van der Waals surface area contributed by atoms with Crippen LogP contribution in [0.1, 0.15) is 25.0 Å². The van der Waals surface area contributed by atoms with Gasteiger partial charge in [0, 0.05) is 6.42 Å². The Kier molecular flexibility index (Phi) is 5.09. The monoisotopic (exact) mass is 258 g/mol. The molecule has 0 amide bonds. The molecule has 0 saturated carbocycles. The van der Waals surface area contributed by atoms with Crippen molar-refractivity contribution in [2.24, 2.45) is 0 Å². The summed E-state index contributed by atoms with van der Waals surface area (Å²) >= 11 is 6.25. The SMILES string of the molecule is CCc1cc(CC(C)O)c(OC)c(Cl)c1OC. The lowest BCUT2D eigenvalue weighted by Crippen LogP contribution is -2.07. The molecule has 1 rings (SSSR count). The standard InChI is InChI=1S/C13H19ClO3/c1-5-9-7-10(6-8(2)15)13(17-4)11(14)12(9)16-3/h7-8,15H,5-6H2,1-4H3. The first-order valence-electron chi connectivity index (χ1n) is 5.65. The molecule has 0 fully saturated rings. The lowest BCUT2D eigenvalue weighted by molar-refractivity contribution is 0.194. The second-order valence-corrected chi connectivity index (χ2v) is 4.36. The summed E-state index contributed by atoms with van der Waals surface area (Å²) in [4.78, 5) is 0. The first kappa shape index (κ1) is 14.1. The van der Waals surface area contributed by atoms with Crippen molar-refractivity contribution in [2.45, 2.75) is 32.8 Å². The first-order chi connectivity index (χ1) is 8.04. The summed E-state index contributed by atoms with van der Waals surface area (Å²) in [6.45, 7) is 3.77. The van der Waals surface area contributed by atoms with Crippen LogP contribution in [0.4, 0.5) is 0 Å². The minimum atomic E-state index is -0.432. The maximum atomic E-state index is 9.48. The van der Waals surface area contributed by atoms with Crippen LogP contribution in [0.5, 0.6) is 11.5 Å². The Morgan fingerprint density at radius 1 is 1.24 bits per heavy atom. The molecule has 4 heteroatoms. The van der Waals surface area contributed by atoms with E-state index in [1.165, 1.54) is 0 Å². The third kappa shape index (κ3) is 3.05. The molecule has 0 radical (unpaired) electrons. The number of halogens is 1. The normalized spacial score (nSPS) is 12.4. The van der Waals surface area contributed by atoms with Crippen molar-refractivity contribution in [2.75, 3.05) is 14.2 Å². The van der Waals surface area contributed by atoms with E-state index >= 15 is 0 Å². The Labute approximate surface area is 107 Å². The van der Waals surface area contributed by atoms with Crippen molar-refractivity contribution < 1.29 is 14.6 Å². The van der Waals surface area contributed by atoms with Crippen LogP contribution < -0.4 is 9.47 Å². The highest BCUT2D eigenvalue weighted by Crippen LogP contribution is 2.40. The zero-order chi connectivity index (χ0) is 13.0. The van der Waals surface area contributed by atoms with Gasteiger partial charge < -0.3 is 14.6 Å². The number of aliphatic hydroxyl groups excluding tert-OH is 1. The molecule has 1 atom stereocenters. The van der Waals surface area contributed by atoms with Gasteiger partial charge in [0.1, 0.15) is 16.5 Å². The fraction of sp³-hybridized carbons (Fsp3) is 0.538. The van der Waals surface area contributed by atoms with Crippen molar-refractivity contribution in [1.82, 2.24) is 0 Å². The van der Waals surface area contributed by atoms with Crippen LogP contribution in [0.2, 0.25) is 5.02 Å². The van der Waals surface area contributed by atoms with Gasteiger partial charge in [-0.15, -0.1) is 0 Å². The Bertz CT molecular complexity index is 389. The van der Waals surface area contributed by atoms with E-state index in [2.05, 4.69) is 0 Å². The molecule has 0 aliphatic carbocycles. The van der Waals surface area contributed by atoms with Gasteiger partial charge in [-0.25, -0.2) is 0 Å². The number of benzene rings is 1. The van der Waals surface area contributed by atoms with Gasteiger partial charge in [0.25, 0.3) is 0 Å². The van der Waals surface area contributed by atoms with E-state index in [-0.39, 0.29) is 0 Å². The van der Waals surface area contributed by atoms with Crippen LogP contribution >= 0.6 is 11.6 Å². The van der Waals surface area contributed by atoms with Gasteiger partial charge in [-0.2, -0.15) is 0 Å². The molecule has 96 valence electrons. The first-order valence-corrected chi connectivity index (χ1v) is 6.03. The Hall–Kier alpha value is -0.930. The molecular formula is C13H19ClO3. The van der Waals surface area contributed by atoms with Crippen molar-refractivity contribution in [1.29, 1.82) is 0 Å². The number of methoxy groups -OCH3 is 2. The van der Waals surface area contributed by atoms with E-state index in [1.807, 2.05) is 13.0 Å². The fourth-order valence-corrected chi connectivity index (χ4v) is 2.30. The zero-order valence-electron chi connectivity index (χ0n) is 10.7. The summed E-state index contributed by atoms with van der Waals surface area (Å²) in [6.07, 6.45) is 0.901. The minimum Gasteiger partial charge on any atom is -0.495 e. The largest absolute Gasteiger partial charge is 0.495 e. The van der Waals surface area contributed by atoms with Crippen LogP contribution in [0.15, 0.2) is 6.07 Å². The topological polar surface area (TPSA) is 38.7 Å². The summed E-state index contributed by atoms with van der Waals surface area (Å²) in [7, 11) is 3.16. The number of hydrogen-bond acceptors (Lipinski definition) is 3. The summed E-state index contributed by atoms with van der Waals surface area (Å²) < 4.78 is 10.6. The smallest absolute Gasteiger partial charge is 0.144 e. The van der Waals surface area contributed by atoms with Crippen molar-refractivity contribution >= 4 is 11.6 Å². The highest BCUT2D eigenvalue weighted by molar-refractivity contribution is 6.33. The molecule has 1 N–H and O–H groups in total. The zero-order valence-corrected chi connectivity index (χ0v) is 11.5. The lowest BCUT2D eigenvalue weighted by atomic mass is 10.0. The molecule has 0 saturated heterocycles. The van der Waals surface area contributed by atoms with Crippen molar-refractivity contribution in [3.63, 3.8) is 0 Å². The van der Waals surface area contributed by atoms with Crippen molar-refractivity contribution in [3.8, 4) is 11.5 Å². The number of ether oxygens (including phenoxy) is 2. The Morgan fingerprint density at radius 3 is 2.18 bits per heavy atom. The van der Waals surface area contributed by atoms with E-state index in [0.717, 1.165) is 17.5 Å². The van der Waals surface area contributed by atoms with Gasteiger partial charge in [-0.3, -0.25) is 0 Å². The van der Waals surface area contributed by atoms with Crippen molar-refractivity contribution in [3.05, 3.63) is 22.2 Å². The summed E-state index contributed by atoms with van der Waals surface area (Å²) in [5.74, 6) is 1.24. The molecule has 0 bridgehead atoms. The summed E-state index contributed by atoms with van der Waals surface area (Å²) in [5.41, 5.74) is 1.93. The molecule has 1 aromatic rings. The maximum absolute atomic E-state index is 9.48.